The molecule has 0 saturated carbocycles. The Kier molecular flexibility index (Phi) is 5.79. The lowest BCUT2D eigenvalue weighted by molar-refractivity contribution is 0.405. The maximum absolute atomic E-state index is 12.9. The predicted octanol–water partition coefficient (Wildman–Crippen LogP) is 2.69. The molecule has 0 unspecified atom stereocenters. The van der Waals surface area contributed by atoms with Gasteiger partial charge in [0.2, 0.25) is 10.0 Å². The van der Waals surface area contributed by atoms with Crippen molar-refractivity contribution in [2.75, 3.05) is 12.8 Å². The molecule has 2 rings (SSSR count). The van der Waals surface area contributed by atoms with Gasteiger partial charge in [-0.25, -0.2) is 16.8 Å². The minimum atomic E-state index is -3.69. The second-order valence-electron chi connectivity index (χ2n) is 5.57. The maximum Gasteiger partial charge on any atom is 0.243 e. The van der Waals surface area contributed by atoms with Gasteiger partial charge in [-0.2, -0.15) is 4.31 Å². The lowest BCUT2D eigenvalue weighted by atomic mass is 10.2. The summed E-state index contributed by atoms with van der Waals surface area (Å²) in [7, 11) is -7.04. The third-order valence-corrected chi connectivity index (χ3v) is 6.55. The van der Waals surface area contributed by atoms with Crippen LogP contribution in [0.15, 0.2) is 64.4 Å². The highest BCUT2D eigenvalue weighted by Crippen LogP contribution is 2.20. The highest BCUT2D eigenvalue weighted by atomic mass is 32.2. The molecule has 0 N–H and O–H groups in total. The molecule has 0 amide bonds. The van der Waals surface area contributed by atoms with Crippen molar-refractivity contribution in [1.82, 2.24) is 4.31 Å². The summed E-state index contributed by atoms with van der Waals surface area (Å²) in [6.45, 7) is 2.59. The Morgan fingerprint density at radius 1 is 0.833 bits per heavy atom. The molecule has 0 bridgehead atoms. The van der Waals surface area contributed by atoms with E-state index < -0.39 is 19.9 Å². The number of nitrogens with zero attached hydrogens (tertiary/aromatic N) is 1. The Balaban J connectivity index is 2.34. The van der Waals surface area contributed by atoms with E-state index in [-0.39, 0.29) is 16.3 Å². The van der Waals surface area contributed by atoms with Gasteiger partial charge in [-0.3, -0.25) is 0 Å². The molecule has 0 radical (unpaired) electrons. The molecule has 130 valence electrons. The standard InChI is InChI=1S/C17H21NO4S2/c1-3-13-18(14-15-7-5-4-6-8-15)24(21,22)17-11-9-16(10-12-17)23(2,19)20/h4-12H,3,13-14H2,1-2H3. The van der Waals surface area contributed by atoms with Gasteiger partial charge in [0, 0.05) is 19.3 Å². The summed E-state index contributed by atoms with van der Waals surface area (Å²) in [6.07, 6.45) is 1.78. The van der Waals surface area contributed by atoms with E-state index in [9.17, 15) is 16.8 Å². The highest BCUT2D eigenvalue weighted by Gasteiger charge is 2.24. The first kappa shape index (κ1) is 18.6. The third kappa shape index (κ3) is 4.43. The Labute approximate surface area is 143 Å². The van der Waals surface area contributed by atoms with Crippen molar-refractivity contribution in [3.8, 4) is 0 Å². The van der Waals surface area contributed by atoms with Crippen LogP contribution in [-0.2, 0) is 26.4 Å². The molecular formula is C17H21NO4S2. The molecule has 0 spiro atoms. The molecule has 5 nitrogen and oxygen atoms in total. The topological polar surface area (TPSA) is 71.5 Å². The first-order valence-electron chi connectivity index (χ1n) is 7.59. The first-order valence-corrected chi connectivity index (χ1v) is 10.9. The highest BCUT2D eigenvalue weighted by molar-refractivity contribution is 7.90. The SMILES string of the molecule is CCCN(Cc1ccccc1)S(=O)(=O)c1ccc(S(C)(=O)=O)cc1. The van der Waals surface area contributed by atoms with Gasteiger partial charge in [-0.05, 0) is 36.2 Å². The molecule has 0 atom stereocenters. The number of hydrogen-bond acceptors (Lipinski definition) is 4. The van der Waals surface area contributed by atoms with Gasteiger partial charge >= 0.3 is 0 Å². The minimum Gasteiger partial charge on any atom is -0.224 e. The van der Waals surface area contributed by atoms with E-state index in [1.807, 2.05) is 37.3 Å². The number of sulfonamides is 1. The van der Waals surface area contributed by atoms with Gasteiger partial charge in [0.05, 0.1) is 9.79 Å². The van der Waals surface area contributed by atoms with Crippen molar-refractivity contribution in [3.05, 3.63) is 60.2 Å². The first-order chi connectivity index (χ1) is 11.2. The summed E-state index contributed by atoms with van der Waals surface area (Å²) < 4.78 is 50.2. The lowest BCUT2D eigenvalue weighted by Crippen LogP contribution is -2.31. The van der Waals surface area contributed by atoms with Crippen molar-refractivity contribution in [2.24, 2.45) is 0 Å². The van der Waals surface area contributed by atoms with Gasteiger partial charge in [0.1, 0.15) is 0 Å². The van der Waals surface area contributed by atoms with Gasteiger partial charge in [0.25, 0.3) is 0 Å². The second kappa shape index (κ2) is 7.46. The lowest BCUT2D eigenvalue weighted by Gasteiger charge is -2.22. The molecule has 24 heavy (non-hydrogen) atoms. The molecule has 0 fully saturated rings. The molecule has 2 aromatic carbocycles. The van der Waals surface area contributed by atoms with E-state index in [0.717, 1.165) is 11.8 Å². The summed E-state index contributed by atoms with van der Waals surface area (Å²) >= 11 is 0. The summed E-state index contributed by atoms with van der Waals surface area (Å²) in [5.41, 5.74) is 0.905. The summed E-state index contributed by atoms with van der Waals surface area (Å²) in [5.74, 6) is 0. The van der Waals surface area contributed by atoms with Crippen molar-refractivity contribution < 1.29 is 16.8 Å². The molecule has 0 aliphatic carbocycles. The molecule has 2 aromatic rings. The number of benzene rings is 2. The summed E-state index contributed by atoms with van der Waals surface area (Å²) in [5, 5.41) is 0. The molecule has 7 heteroatoms. The van der Waals surface area contributed by atoms with E-state index in [1.165, 1.54) is 28.6 Å². The monoisotopic (exact) mass is 367 g/mol. The molecule has 0 aromatic heterocycles. The number of sulfone groups is 1. The molecule has 0 aliphatic heterocycles. The van der Waals surface area contributed by atoms with E-state index in [0.29, 0.717) is 13.0 Å². The fraction of sp³-hybridized carbons (Fsp3) is 0.294. The van der Waals surface area contributed by atoms with Crippen LogP contribution in [0.2, 0.25) is 0 Å². The molecule has 0 heterocycles. The quantitative estimate of drug-likeness (QED) is 0.754. The van der Waals surface area contributed by atoms with Crippen LogP contribution in [0.4, 0.5) is 0 Å². The van der Waals surface area contributed by atoms with Crippen LogP contribution < -0.4 is 0 Å². The summed E-state index contributed by atoms with van der Waals surface area (Å²) in [6, 6.07) is 14.7. The van der Waals surface area contributed by atoms with Crippen molar-refractivity contribution in [3.63, 3.8) is 0 Å². The second-order valence-corrected chi connectivity index (χ2v) is 9.52. The van der Waals surface area contributed by atoms with E-state index >= 15 is 0 Å². The van der Waals surface area contributed by atoms with Crippen LogP contribution in [0.5, 0.6) is 0 Å². The van der Waals surface area contributed by atoms with E-state index in [1.54, 1.807) is 0 Å². The van der Waals surface area contributed by atoms with Crippen LogP contribution >= 0.6 is 0 Å². The van der Waals surface area contributed by atoms with Crippen LogP contribution in [0.25, 0.3) is 0 Å². The number of rotatable bonds is 7. The Hall–Kier alpha value is -1.70. The van der Waals surface area contributed by atoms with Crippen molar-refractivity contribution in [2.45, 2.75) is 29.7 Å². The molecular weight excluding hydrogens is 346 g/mol. The van der Waals surface area contributed by atoms with Crippen LogP contribution in [0, 0.1) is 0 Å². The zero-order valence-electron chi connectivity index (χ0n) is 13.7. The average Bonchev–Trinajstić information content (AvgIpc) is 2.55. The fourth-order valence-corrected chi connectivity index (χ4v) is 4.48. The zero-order valence-corrected chi connectivity index (χ0v) is 15.3. The largest absolute Gasteiger partial charge is 0.243 e. The van der Waals surface area contributed by atoms with Gasteiger partial charge < -0.3 is 0 Å². The molecule has 0 aliphatic rings. The molecule has 0 saturated heterocycles. The zero-order chi connectivity index (χ0) is 17.8. The third-order valence-electron chi connectivity index (χ3n) is 3.56. The predicted molar refractivity (Wildman–Crippen MR) is 93.9 cm³/mol. The maximum atomic E-state index is 12.9. The normalized spacial score (nSPS) is 12.5. The van der Waals surface area contributed by atoms with Crippen LogP contribution in [0.3, 0.4) is 0 Å². The Morgan fingerprint density at radius 2 is 1.38 bits per heavy atom. The van der Waals surface area contributed by atoms with Crippen molar-refractivity contribution in [1.29, 1.82) is 0 Å². The fourth-order valence-electron chi connectivity index (χ4n) is 2.33. The Bertz CT molecular complexity index is 874. The van der Waals surface area contributed by atoms with E-state index in [2.05, 4.69) is 0 Å². The average molecular weight is 367 g/mol. The smallest absolute Gasteiger partial charge is 0.224 e. The van der Waals surface area contributed by atoms with Gasteiger partial charge in [0.15, 0.2) is 9.84 Å². The van der Waals surface area contributed by atoms with Crippen molar-refractivity contribution >= 4 is 19.9 Å². The minimum absolute atomic E-state index is 0.0966. The van der Waals surface area contributed by atoms with Crippen LogP contribution in [-0.4, -0.2) is 33.9 Å². The summed E-state index contributed by atoms with van der Waals surface area (Å²) in [4.78, 5) is 0.200. The number of hydrogen-bond donors (Lipinski definition) is 0. The Morgan fingerprint density at radius 3 is 1.88 bits per heavy atom. The van der Waals surface area contributed by atoms with E-state index in [4.69, 9.17) is 0 Å². The van der Waals surface area contributed by atoms with Gasteiger partial charge in [-0.15, -0.1) is 0 Å². The van der Waals surface area contributed by atoms with Gasteiger partial charge in [-0.1, -0.05) is 37.3 Å². The van der Waals surface area contributed by atoms with Crippen LogP contribution in [0.1, 0.15) is 18.9 Å².